The highest BCUT2D eigenvalue weighted by molar-refractivity contribution is 7.00. The first-order valence-corrected chi connectivity index (χ1v) is 29.0. The summed E-state index contributed by atoms with van der Waals surface area (Å²) in [5, 5.41) is 2.29. The molecular formula is C71H78BN3O. The Kier molecular flexibility index (Phi) is 9.84. The maximum Gasteiger partial charge on any atom is 0.252 e. The summed E-state index contributed by atoms with van der Waals surface area (Å²) >= 11 is 0. The summed E-state index contributed by atoms with van der Waals surface area (Å²) < 4.78 is 7.09. The summed E-state index contributed by atoms with van der Waals surface area (Å²) in [6, 6.07) is 48.3. The molecule has 4 heterocycles. The fraction of sp³-hybridized carbons (Fsp3) is 0.408. The molecule has 1 fully saturated rings. The van der Waals surface area contributed by atoms with E-state index in [1.165, 1.54) is 122 Å². The van der Waals surface area contributed by atoms with E-state index in [0.29, 0.717) is 0 Å². The van der Waals surface area contributed by atoms with Gasteiger partial charge in [-0.05, 0) is 195 Å². The van der Waals surface area contributed by atoms with E-state index in [-0.39, 0.29) is 44.7 Å². The molecule has 5 heteroatoms. The molecule has 7 aromatic carbocycles. The van der Waals surface area contributed by atoms with Crippen LogP contribution >= 0.6 is 0 Å². The van der Waals surface area contributed by atoms with Crippen LogP contribution in [0.3, 0.4) is 0 Å². The highest BCUT2D eigenvalue weighted by Crippen LogP contribution is 2.63. The second-order valence-electron chi connectivity index (χ2n) is 28.7. The minimum Gasteiger partial charge on any atom is -0.454 e. The van der Waals surface area contributed by atoms with Crippen molar-refractivity contribution in [1.29, 1.82) is 0 Å². The van der Waals surface area contributed by atoms with Crippen molar-refractivity contribution in [2.24, 2.45) is 0 Å². The highest BCUT2D eigenvalue weighted by Gasteiger charge is 2.62. The van der Waals surface area contributed by atoms with Gasteiger partial charge in [0.05, 0.1) is 11.2 Å². The van der Waals surface area contributed by atoms with Crippen molar-refractivity contribution in [3.63, 3.8) is 0 Å². The summed E-state index contributed by atoms with van der Waals surface area (Å²) in [5.41, 5.74) is 26.4. The number of para-hydroxylation sites is 2. The lowest BCUT2D eigenvalue weighted by Crippen LogP contribution is -2.64. The Labute approximate surface area is 454 Å². The van der Waals surface area contributed by atoms with E-state index < -0.39 is 0 Å². The zero-order valence-electron chi connectivity index (χ0n) is 48.0. The summed E-state index contributed by atoms with van der Waals surface area (Å²) in [7, 11) is 0. The lowest BCUT2D eigenvalue weighted by molar-refractivity contribution is 0.195. The molecule has 8 aromatic rings. The second kappa shape index (κ2) is 15.5. The zero-order valence-corrected chi connectivity index (χ0v) is 48.0. The normalized spacial score (nSPS) is 22.9. The fourth-order valence-electron chi connectivity index (χ4n) is 16.1. The van der Waals surface area contributed by atoms with Crippen LogP contribution in [0.15, 0.2) is 126 Å². The number of furan rings is 1. The first-order valence-electron chi connectivity index (χ1n) is 29.0. The van der Waals surface area contributed by atoms with E-state index in [0.717, 1.165) is 46.2 Å². The lowest BCUT2D eigenvalue weighted by atomic mass is 9.33. The third kappa shape index (κ3) is 6.50. The molecule has 14 rings (SSSR count). The molecule has 0 bridgehead atoms. The largest absolute Gasteiger partial charge is 0.454 e. The highest BCUT2D eigenvalue weighted by atomic mass is 16.3. The average Bonchev–Trinajstić information content (AvgIpc) is 3.44. The quantitative estimate of drug-likeness (QED) is 0.164. The van der Waals surface area contributed by atoms with Crippen LogP contribution in [0.1, 0.15) is 180 Å². The van der Waals surface area contributed by atoms with Crippen LogP contribution in [0.4, 0.5) is 45.5 Å². The van der Waals surface area contributed by atoms with Gasteiger partial charge in [-0.25, -0.2) is 0 Å². The van der Waals surface area contributed by atoms with Crippen LogP contribution in [-0.4, -0.2) is 12.3 Å². The number of fused-ring (bicyclic) bond motifs is 12. The number of anilines is 8. The van der Waals surface area contributed by atoms with Gasteiger partial charge in [0, 0.05) is 56.0 Å². The Morgan fingerprint density at radius 2 is 1.08 bits per heavy atom. The van der Waals surface area contributed by atoms with Crippen LogP contribution in [0.25, 0.3) is 21.9 Å². The molecule has 76 heavy (non-hydrogen) atoms. The Hall–Kier alpha value is -6.20. The number of aryl methyl sites for hydroxylation is 1. The Morgan fingerprint density at radius 1 is 0.500 bits per heavy atom. The summed E-state index contributed by atoms with van der Waals surface area (Å²) in [5.74, 6) is 0. The molecule has 0 spiro atoms. The van der Waals surface area contributed by atoms with E-state index in [1.54, 1.807) is 5.56 Å². The number of hydrogen-bond donors (Lipinski definition) is 0. The van der Waals surface area contributed by atoms with Crippen LogP contribution in [0, 0.1) is 6.92 Å². The van der Waals surface area contributed by atoms with Crippen molar-refractivity contribution in [2.45, 2.75) is 186 Å². The number of nitrogens with zero attached hydrogens (tertiary/aromatic N) is 3. The van der Waals surface area contributed by atoms with E-state index in [2.05, 4.69) is 233 Å². The van der Waals surface area contributed by atoms with E-state index >= 15 is 0 Å². The topological polar surface area (TPSA) is 22.9 Å². The predicted octanol–water partition coefficient (Wildman–Crippen LogP) is 17.7. The van der Waals surface area contributed by atoms with Crippen molar-refractivity contribution in [2.75, 3.05) is 14.7 Å². The van der Waals surface area contributed by atoms with Gasteiger partial charge in [-0.3, -0.25) is 0 Å². The molecule has 6 aliphatic rings. The fourth-order valence-corrected chi connectivity index (χ4v) is 16.1. The molecule has 2 unspecified atom stereocenters. The molecule has 0 radical (unpaired) electrons. The number of hydrogen-bond acceptors (Lipinski definition) is 4. The molecular weight excluding hydrogens is 922 g/mol. The zero-order chi connectivity index (χ0) is 53.0. The summed E-state index contributed by atoms with van der Waals surface area (Å²) in [6.45, 7) is 34.5. The summed E-state index contributed by atoms with van der Waals surface area (Å²) in [6.07, 6.45) is 9.58. The van der Waals surface area contributed by atoms with Gasteiger partial charge in [0.2, 0.25) is 0 Å². The van der Waals surface area contributed by atoms with Crippen molar-refractivity contribution >= 4 is 90.5 Å². The molecule has 1 saturated carbocycles. The molecule has 0 saturated heterocycles. The monoisotopic (exact) mass is 1000 g/mol. The van der Waals surface area contributed by atoms with E-state index in [4.69, 9.17) is 4.42 Å². The smallest absolute Gasteiger partial charge is 0.252 e. The van der Waals surface area contributed by atoms with Crippen LogP contribution in [0.2, 0.25) is 0 Å². The van der Waals surface area contributed by atoms with Crippen molar-refractivity contribution < 1.29 is 4.42 Å². The van der Waals surface area contributed by atoms with Gasteiger partial charge in [0.15, 0.2) is 5.58 Å². The molecule has 0 amide bonds. The van der Waals surface area contributed by atoms with Gasteiger partial charge >= 0.3 is 0 Å². The molecule has 386 valence electrons. The van der Waals surface area contributed by atoms with Crippen LogP contribution < -0.4 is 31.1 Å². The van der Waals surface area contributed by atoms with Crippen molar-refractivity contribution in [1.82, 2.24) is 0 Å². The van der Waals surface area contributed by atoms with Crippen molar-refractivity contribution in [3.8, 4) is 0 Å². The number of rotatable bonds is 4. The van der Waals surface area contributed by atoms with Gasteiger partial charge in [0.1, 0.15) is 5.58 Å². The maximum atomic E-state index is 7.09. The average molecular weight is 1000 g/mol. The third-order valence-corrected chi connectivity index (χ3v) is 21.1. The first kappa shape index (κ1) is 48.2. The maximum absolute atomic E-state index is 7.09. The lowest BCUT2D eigenvalue weighted by Gasteiger charge is -2.52. The third-order valence-electron chi connectivity index (χ3n) is 21.1. The van der Waals surface area contributed by atoms with Gasteiger partial charge in [0.25, 0.3) is 6.71 Å². The Balaban J connectivity index is 1.08. The minimum atomic E-state index is -0.0725. The SMILES string of the molecule is Cc1cc2c3c(c1)N1c4c(cc(C(C)(C)C)cc4C4(C)CCCCC14C)B3c1ccc(N(c3ccc4c(c3)C(C)(C)CCC4(C)C)c3ccc4c(c3)C(C)(C)CCC4(C)C)cc1N2c1cccc2c1oc1ccccc12. The van der Waals surface area contributed by atoms with Crippen molar-refractivity contribution in [3.05, 3.63) is 160 Å². The molecule has 4 nitrogen and oxygen atoms in total. The first-order chi connectivity index (χ1) is 35.9. The molecule has 1 aromatic heterocycles. The van der Waals surface area contributed by atoms with E-state index in [1.807, 2.05) is 0 Å². The predicted molar refractivity (Wildman–Crippen MR) is 325 cm³/mol. The van der Waals surface area contributed by atoms with Gasteiger partial charge < -0.3 is 19.1 Å². The van der Waals surface area contributed by atoms with Gasteiger partial charge in [-0.1, -0.05) is 157 Å². The van der Waals surface area contributed by atoms with Crippen LogP contribution in [-0.2, 0) is 32.5 Å². The molecule has 2 atom stereocenters. The van der Waals surface area contributed by atoms with E-state index in [9.17, 15) is 0 Å². The number of benzene rings is 7. The molecule has 3 aliphatic carbocycles. The Morgan fingerprint density at radius 3 is 1.74 bits per heavy atom. The minimum absolute atomic E-state index is 0.00474. The van der Waals surface area contributed by atoms with Gasteiger partial charge in [-0.15, -0.1) is 0 Å². The van der Waals surface area contributed by atoms with Crippen LogP contribution in [0.5, 0.6) is 0 Å². The second-order valence-corrected chi connectivity index (χ2v) is 28.7. The van der Waals surface area contributed by atoms with Gasteiger partial charge in [-0.2, -0.15) is 0 Å². The summed E-state index contributed by atoms with van der Waals surface area (Å²) in [4.78, 5) is 8.11. The molecule has 0 N–H and O–H groups in total. The Bertz CT molecular complexity index is 3720. The standard InChI is InChI=1S/C71H78BN3O/c1-43-36-59-62-60(37-43)75-63-54(70(13)30-17-18-31-71(70,75)14)38-44(65(2,3)4)39-56(63)72(62)55-29-26-47(42-58(55)74(59)57-22-19-21-49-48-20-15-16-23-61(48)76-64(49)57)73(45-24-27-50-52(40-45)68(9,10)34-32-66(50,5)6)46-25-28-51-53(41-46)69(11,12)35-33-67(51,7)8/h15-16,19-29,36-42H,17-18,30-35H2,1-14H3. The molecule has 3 aliphatic heterocycles.